The standard InChI is InChI=1S/C15H11NO3/c1-2-15(17)13-7-3-5-11(9-13)12-6-4-8-14(10-12)16(18)19/h2-10H,1H2. The second-order valence-corrected chi connectivity index (χ2v) is 3.96. The van der Waals surface area contributed by atoms with E-state index < -0.39 is 4.92 Å². The van der Waals surface area contributed by atoms with Gasteiger partial charge in [0, 0.05) is 17.7 Å². The Morgan fingerprint density at radius 3 is 2.37 bits per heavy atom. The van der Waals surface area contributed by atoms with Gasteiger partial charge in [0.2, 0.25) is 0 Å². The fraction of sp³-hybridized carbons (Fsp3) is 0. The van der Waals surface area contributed by atoms with Crippen molar-refractivity contribution in [2.45, 2.75) is 0 Å². The van der Waals surface area contributed by atoms with Crippen LogP contribution in [0.3, 0.4) is 0 Å². The minimum atomic E-state index is -0.442. The number of nitro benzene ring substituents is 1. The Bertz CT molecular complexity index is 662. The number of carbonyl (C=O) groups excluding carboxylic acids is 1. The molecule has 0 saturated carbocycles. The van der Waals surface area contributed by atoms with E-state index in [1.807, 2.05) is 0 Å². The number of nitrogens with zero attached hydrogens (tertiary/aromatic N) is 1. The zero-order valence-corrected chi connectivity index (χ0v) is 10.1. The van der Waals surface area contributed by atoms with Gasteiger partial charge in [-0.1, -0.05) is 36.9 Å². The Labute approximate surface area is 110 Å². The van der Waals surface area contributed by atoms with E-state index in [0.717, 1.165) is 5.56 Å². The lowest BCUT2D eigenvalue weighted by Gasteiger charge is -2.03. The summed E-state index contributed by atoms with van der Waals surface area (Å²) in [6.07, 6.45) is 1.24. The number of hydrogen-bond donors (Lipinski definition) is 0. The van der Waals surface area contributed by atoms with Crippen LogP contribution in [-0.2, 0) is 0 Å². The highest BCUT2D eigenvalue weighted by atomic mass is 16.6. The van der Waals surface area contributed by atoms with Crippen molar-refractivity contribution in [2.75, 3.05) is 0 Å². The molecule has 0 aromatic heterocycles. The van der Waals surface area contributed by atoms with E-state index in [9.17, 15) is 14.9 Å². The van der Waals surface area contributed by atoms with Crippen LogP contribution in [0.5, 0.6) is 0 Å². The first-order chi connectivity index (χ1) is 9.11. The molecule has 0 saturated heterocycles. The fourth-order valence-electron chi connectivity index (χ4n) is 1.77. The Balaban J connectivity index is 2.47. The van der Waals surface area contributed by atoms with Gasteiger partial charge in [-0.15, -0.1) is 0 Å². The van der Waals surface area contributed by atoms with Crippen LogP contribution in [-0.4, -0.2) is 10.7 Å². The molecule has 94 valence electrons. The van der Waals surface area contributed by atoms with Crippen molar-refractivity contribution in [3.05, 3.63) is 76.9 Å². The van der Waals surface area contributed by atoms with Crippen LogP contribution in [0, 0.1) is 10.1 Å². The maximum atomic E-state index is 11.5. The summed E-state index contributed by atoms with van der Waals surface area (Å²) >= 11 is 0. The van der Waals surface area contributed by atoms with Crippen LogP contribution in [0.4, 0.5) is 5.69 Å². The number of nitro groups is 1. The number of carbonyl (C=O) groups is 1. The summed E-state index contributed by atoms with van der Waals surface area (Å²) in [6, 6.07) is 13.2. The maximum absolute atomic E-state index is 11.5. The summed E-state index contributed by atoms with van der Waals surface area (Å²) in [4.78, 5) is 21.8. The molecule has 0 spiro atoms. The lowest BCUT2D eigenvalue weighted by atomic mass is 10.0. The molecule has 0 N–H and O–H groups in total. The highest BCUT2D eigenvalue weighted by Gasteiger charge is 2.08. The topological polar surface area (TPSA) is 60.2 Å². The molecule has 2 aromatic rings. The molecular formula is C15H11NO3. The van der Waals surface area contributed by atoms with Crippen LogP contribution in [0.15, 0.2) is 61.2 Å². The number of hydrogen-bond acceptors (Lipinski definition) is 3. The molecule has 0 heterocycles. The summed E-state index contributed by atoms with van der Waals surface area (Å²) in [5, 5.41) is 10.7. The van der Waals surface area contributed by atoms with E-state index in [0.29, 0.717) is 11.1 Å². The van der Waals surface area contributed by atoms with Gasteiger partial charge in [-0.25, -0.2) is 0 Å². The summed E-state index contributed by atoms with van der Waals surface area (Å²) in [6.45, 7) is 3.44. The normalized spacial score (nSPS) is 9.89. The summed E-state index contributed by atoms with van der Waals surface area (Å²) < 4.78 is 0. The first kappa shape index (κ1) is 12.7. The highest BCUT2D eigenvalue weighted by Crippen LogP contribution is 2.24. The van der Waals surface area contributed by atoms with E-state index in [4.69, 9.17) is 0 Å². The quantitative estimate of drug-likeness (QED) is 0.362. The number of allylic oxidation sites excluding steroid dienone is 1. The van der Waals surface area contributed by atoms with Gasteiger partial charge in [0.05, 0.1) is 4.92 Å². The van der Waals surface area contributed by atoms with Crippen LogP contribution in [0.2, 0.25) is 0 Å². The summed E-state index contributed by atoms with van der Waals surface area (Å²) in [7, 11) is 0. The van der Waals surface area contributed by atoms with Crippen molar-refractivity contribution in [3.8, 4) is 11.1 Å². The number of rotatable bonds is 4. The number of ketones is 1. The average molecular weight is 253 g/mol. The number of non-ortho nitro benzene ring substituents is 1. The third-order valence-electron chi connectivity index (χ3n) is 2.72. The average Bonchev–Trinajstić information content (AvgIpc) is 2.46. The molecule has 4 heteroatoms. The lowest BCUT2D eigenvalue weighted by molar-refractivity contribution is -0.384. The van der Waals surface area contributed by atoms with E-state index in [1.165, 1.54) is 18.2 Å². The summed E-state index contributed by atoms with van der Waals surface area (Å²) in [5.41, 5.74) is 2.00. The maximum Gasteiger partial charge on any atom is 0.270 e. The molecule has 0 aliphatic carbocycles. The predicted octanol–water partition coefficient (Wildman–Crippen LogP) is 3.63. The first-order valence-corrected chi connectivity index (χ1v) is 5.63. The van der Waals surface area contributed by atoms with Crippen molar-refractivity contribution < 1.29 is 9.72 Å². The second-order valence-electron chi connectivity index (χ2n) is 3.96. The van der Waals surface area contributed by atoms with Gasteiger partial charge in [-0.05, 0) is 23.3 Å². The zero-order chi connectivity index (χ0) is 13.8. The Kier molecular flexibility index (Phi) is 3.52. The Morgan fingerprint density at radius 1 is 1.11 bits per heavy atom. The summed E-state index contributed by atoms with van der Waals surface area (Å²) in [5.74, 6) is -0.174. The molecule has 2 rings (SSSR count). The van der Waals surface area contributed by atoms with Crippen molar-refractivity contribution in [3.63, 3.8) is 0 Å². The zero-order valence-electron chi connectivity index (χ0n) is 10.1. The molecule has 0 atom stereocenters. The first-order valence-electron chi connectivity index (χ1n) is 5.63. The third-order valence-corrected chi connectivity index (χ3v) is 2.72. The predicted molar refractivity (Wildman–Crippen MR) is 73.1 cm³/mol. The third kappa shape index (κ3) is 2.74. The van der Waals surface area contributed by atoms with Crippen LogP contribution < -0.4 is 0 Å². The Morgan fingerprint density at radius 2 is 1.74 bits per heavy atom. The molecule has 0 aliphatic rings. The molecule has 0 bridgehead atoms. The van der Waals surface area contributed by atoms with Crippen LogP contribution in [0.25, 0.3) is 11.1 Å². The van der Waals surface area contributed by atoms with Crippen molar-refractivity contribution in [2.24, 2.45) is 0 Å². The Hall–Kier alpha value is -2.75. The fourth-order valence-corrected chi connectivity index (χ4v) is 1.77. The molecule has 4 nitrogen and oxygen atoms in total. The molecule has 0 fully saturated rings. The van der Waals surface area contributed by atoms with Gasteiger partial charge in [0.25, 0.3) is 5.69 Å². The van der Waals surface area contributed by atoms with E-state index in [2.05, 4.69) is 6.58 Å². The van der Waals surface area contributed by atoms with E-state index in [-0.39, 0.29) is 11.5 Å². The van der Waals surface area contributed by atoms with Gasteiger partial charge < -0.3 is 0 Å². The number of benzene rings is 2. The van der Waals surface area contributed by atoms with Crippen LogP contribution >= 0.6 is 0 Å². The molecule has 0 aliphatic heterocycles. The monoisotopic (exact) mass is 253 g/mol. The lowest BCUT2D eigenvalue weighted by Crippen LogP contribution is -1.94. The highest BCUT2D eigenvalue weighted by molar-refractivity contribution is 6.04. The molecule has 0 unspecified atom stereocenters. The van der Waals surface area contributed by atoms with Gasteiger partial charge >= 0.3 is 0 Å². The minimum Gasteiger partial charge on any atom is -0.289 e. The van der Waals surface area contributed by atoms with Gasteiger partial charge in [-0.3, -0.25) is 14.9 Å². The largest absolute Gasteiger partial charge is 0.289 e. The second kappa shape index (κ2) is 5.27. The molecule has 0 amide bonds. The van der Waals surface area contributed by atoms with Crippen molar-refractivity contribution in [1.82, 2.24) is 0 Å². The van der Waals surface area contributed by atoms with Gasteiger partial charge in [0.1, 0.15) is 0 Å². The SMILES string of the molecule is C=CC(=O)c1cccc(-c2cccc([N+](=O)[O-])c2)c1. The van der Waals surface area contributed by atoms with E-state index >= 15 is 0 Å². The molecular weight excluding hydrogens is 242 g/mol. The molecule has 2 aromatic carbocycles. The van der Waals surface area contributed by atoms with Gasteiger partial charge in [0.15, 0.2) is 5.78 Å². The minimum absolute atomic E-state index is 0.0259. The smallest absolute Gasteiger partial charge is 0.270 e. The van der Waals surface area contributed by atoms with Crippen molar-refractivity contribution >= 4 is 11.5 Å². The van der Waals surface area contributed by atoms with E-state index in [1.54, 1.807) is 36.4 Å². The van der Waals surface area contributed by atoms with Crippen molar-refractivity contribution in [1.29, 1.82) is 0 Å². The van der Waals surface area contributed by atoms with Crippen LogP contribution in [0.1, 0.15) is 10.4 Å². The van der Waals surface area contributed by atoms with Gasteiger partial charge in [-0.2, -0.15) is 0 Å². The molecule has 0 radical (unpaired) electrons. The molecule has 19 heavy (non-hydrogen) atoms.